The van der Waals surface area contributed by atoms with Crippen molar-refractivity contribution in [3.63, 3.8) is 0 Å². The number of carbonyl (C=O) groups is 1. The Kier molecular flexibility index (Phi) is 5.34. The van der Waals surface area contributed by atoms with Gasteiger partial charge in [0.15, 0.2) is 0 Å². The predicted octanol–water partition coefficient (Wildman–Crippen LogP) is 2.38. The summed E-state index contributed by atoms with van der Waals surface area (Å²) in [5, 5.41) is 2.86. The summed E-state index contributed by atoms with van der Waals surface area (Å²) in [5.74, 6) is 0.451. The third-order valence-electron chi connectivity index (χ3n) is 3.81. The van der Waals surface area contributed by atoms with E-state index in [1.54, 1.807) is 12.4 Å². The lowest BCUT2D eigenvalue weighted by molar-refractivity contribution is 0.0519. The van der Waals surface area contributed by atoms with Crippen LogP contribution in [-0.2, 0) is 4.74 Å². The number of likely N-dealkylation sites (tertiary alicyclic amines) is 1. The smallest absolute Gasteiger partial charge is 0.407 e. The average molecular weight is 306 g/mol. The van der Waals surface area contributed by atoms with Crippen molar-refractivity contribution < 1.29 is 9.53 Å². The van der Waals surface area contributed by atoms with Gasteiger partial charge < -0.3 is 10.1 Å². The third-order valence-corrected chi connectivity index (χ3v) is 3.81. The fraction of sp³-hybridized carbons (Fsp3) is 0.688. The molecule has 2 rings (SSSR count). The highest BCUT2D eigenvalue weighted by molar-refractivity contribution is 5.67. The minimum atomic E-state index is -0.452. The van der Waals surface area contributed by atoms with Crippen LogP contribution in [0, 0.1) is 5.92 Å². The SMILES string of the molecule is C[C@H](c1cnccn1)N1CC[C@H](CNC(=O)OC(C)(C)C)C1. The van der Waals surface area contributed by atoms with Gasteiger partial charge in [0.05, 0.1) is 11.7 Å². The van der Waals surface area contributed by atoms with Gasteiger partial charge in [-0.3, -0.25) is 14.9 Å². The molecule has 0 aliphatic carbocycles. The van der Waals surface area contributed by atoms with Crippen LogP contribution >= 0.6 is 0 Å². The zero-order valence-electron chi connectivity index (χ0n) is 13.9. The topological polar surface area (TPSA) is 67.4 Å². The molecule has 1 aliphatic heterocycles. The van der Waals surface area contributed by atoms with Crippen LogP contribution in [0.3, 0.4) is 0 Å². The Morgan fingerprint density at radius 1 is 1.50 bits per heavy atom. The van der Waals surface area contributed by atoms with Crippen molar-refractivity contribution in [3.05, 3.63) is 24.3 Å². The van der Waals surface area contributed by atoms with Crippen molar-refractivity contribution in [1.82, 2.24) is 20.2 Å². The monoisotopic (exact) mass is 306 g/mol. The average Bonchev–Trinajstić information content (AvgIpc) is 2.92. The highest BCUT2D eigenvalue weighted by atomic mass is 16.6. The minimum Gasteiger partial charge on any atom is -0.444 e. The number of hydrogen-bond donors (Lipinski definition) is 1. The molecule has 1 aromatic heterocycles. The molecule has 6 nitrogen and oxygen atoms in total. The first-order chi connectivity index (χ1) is 10.3. The van der Waals surface area contributed by atoms with E-state index in [-0.39, 0.29) is 12.1 Å². The maximum Gasteiger partial charge on any atom is 0.407 e. The van der Waals surface area contributed by atoms with Crippen LogP contribution in [0.25, 0.3) is 0 Å². The Morgan fingerprint density at radius 3 is 2.91 bits per heavy atom. The van der Waals surface area contributed by atoms with Crippen LogP contribution < -0.4 is 5.32 Å². The number of carbonyl (C=O) groups excluding carboxylic acids is 1. The first kappa shape index (κ1) is 16.7. The van der Waals surface area contributed by atoms with Gasteiger partial charge in [0, 0.05) is 31.7 Å². The Labute approximate surface area is 132 Å². The number of nitrogens with zero attached hydrogens (tertiary/aromatic N) is 3. The van der Waals surface area contributed by atoms with Crippen LogP contribution in [0.1, 0.15) is 45.9 Å². The molecule has 1 N–H and O–H groups in total. The minimum absolute atomic E-state index is 0.250. The number of amides is 1. The van der Waals surface area contributed by atoms with Crippen molar-refractivity contribution in [2.24, 2.45) is 5.92 Å². The molecule has 0 unspecified atom stereocenters. The van der Waals surface area contributed by atoms with Gasteiger partial charge in [-0.25, -0.2) is 4.79 Å². The van der Waals surface area contributed by atoms with Gasteiger partial charge in [0.25, 0.3) is 0 Å². The number of ether oxygens (including phenoxy) is 1. The van der Waals surface area contributed by atoms with Crippen LogP contribution in [0.2, 0.25) is 0 Å². The highest BCUT2D eigenvalue weighted by Gasteiger charge is 2.28. The molecule has 1 saturated heterocycles. The Bertz CT molecular complexity index is 487. The quantitative estimate of drug-likeness (QED) is 0.925. The second-order valence-corrected chi connectivity index (χ2v) is 6.84. The number of nitrogens with one attached hydrogen (secondary N) is 1. The third kappa shape index (κ3) is 4.94. The number of aromatic nitrogens is 2. The summed E-state index contributed by atoms with van der Waals surface area (Å²) in [4.78, 5) is 22.6. The fourth-order valence-corrected chi connectivity index (χ4v) is 2.64. The van der Waals surface area contributed by atoms with Crippen LogP contribution in [0.4, 0.5) is 4.79 Å². The summed E-state index contributed by atoms with van der Waals surface area (Å²) in [5.41, 5.74) is 0.537. The normalized spacial score (nSPS) is 20.6. The van der Waals surface area contributed by atoms with Crippen LogP contribution in [0.15, 0.2) is 18.6 Å². The Balaban J connectivity index is 1.77. The molecule has 122 valence electrons. The molecule has 2 atom stereocenters. The van der Waals surface area contributed by atoms with E-state index >= 15 is 0 Å². The van der Waals surface area contributed by atoms with Gasteiger partial charge in [-0.2, -0.15) is 0 Å². The van der Waals surface area contributed by atoms with Crippen molar-refractivity contribution in [2.45, 2.75) is 45.8 Å². The zero-order valence-corrected chi connectivity index (χ0v) is 13.9. The molecule has 1 fully saturated rings. The summed E-state index contributed by atoms with van der Waals surface area (Å²) < 4.78 is 5.26. The van der Waals surface area contributed by atoms with Crippen molar-refractivity contribution in [2.75, 3.05) is 19.6 Å². The Morgan fingerprint density at radius 2 is 2.27 bits per heavy atom. The lowest BCUT2D eigenvalue weighted by Crippen LogP contribution is -2.36. The standard InChI is InChI=1S/C16H26N4O2/c1-12(14-10-17-6-7-18-14)20-8-5-13(11-20)9-19-15(21)22-16(2,3)4/h6-7,10,12-13H,5,8-9,11H2,1-4H3,(H,19,21)/t12-,13-/m1/s1. The molecular formula is C16H26N4O2. The first-order valence-electron chi connectivity index (χ1n) is 7.82. The van der Waals surface area contributed by atoms with Gasteiger partial charge in [-0.1, -0.05) is 0 Å². The van der Waals surface area contributed by atoms with E-state index in [1.165, 1.54) is 0 Å². The Hall–Kier alpha value is -1.69. The summed E-state index contributed by atoms with van der Waals surface area (Å²) in [7, 11) is 0. The number of hydrogen-bond acceptors (Lipinski definition) is 5. The first-order valence-corrected chi connectivity index (χ1v) is 7.82. The summed E-state index contributed by atoms with van der Waals surface area (Å²) in [6.07, 6.45) is 5.96. The number of rotatable bonds is 4. The molecule has 0 bridgehead atoms. The van der Waals surface area contributed by atoms with E-state index in [0.717, 1.165) is 25.2 Å². The van der Waals surface area contributed by atoms with E-state index in [0.29, 0.717) is 12.5 Å². The second kappa shape index (κ2) is 7.05. The fourth-order valence-electron chi connectivity index (χ4n) is 2.64. The molecule has 0 saturated carbocycles. The van der Waals surface area contributed by atoms with E-state index in [2.05, 4.69) is 27.1 Å². The molecule has 0 aromatic carbocycles. The predicted molar refractivity (Wildman–Crippen MR) is 84.4 cm³/mol. The van der Waals surface area contributed by atoms with Gasteiger partial charge in [-0.05, 0) is 46.6 Å². The number of alkyl carbamates (subject to hydrolysis) is 1. The second-order valence-electron chi connectivity index (χ2n) is 6.84. The highest BCUT2D eigenvalue weighted by Crippen LogP contribution is 2.25. The molecular weight excluding hydrogens is 280 g/mol. The van der Waals surface area contributed by atoms with Crippen molar-refractivity contribution in [1.29, 1.82) is 0 Å². The van der Waals surface area contributed by atoms with E-state index < -0.39 is 5.60 Å². The van der Waals surface area contributed by atoms with Crippen molar-refractivity contribution >= 4 is 6.09 Å². The van der Waals surface area contributed by atoms with Crippen LogP contribution in [0.5, 0.6) is 0 Å². The van der Waals surface area contributed by atoms with Gasteiger partial charge >= 0.3 is 6.09 Å². The maximum atomic E-state index is 11.7. The van der Waals surface area contributed by atoms with Crippen molar-refractivity contribution in [3.8, 4) is 0 Å². The summed E-state index contributed by atoms with van der Waals surface area (Å²) in [6.45, 7) is 10.4. The van der Waals surface area contributed by atoms with Crippen LogP contribution in [-0.4, -0.2) is 46.2 Å². The largest absolute Gasteiger partial charge is 0.444 e. The molecule has 1 amide bonds. The molecule has 1 aromatic rings. The molecule has 22 heavy (non-hydrogen) atoms. The lowest BCUT2D eigenvalue weighted by Gasteiger charge is -2.24. The zero-order chi connectivity index (χ0) is 16.2. The van der Waals surface area contributed by atoms with Gasteiger partial charge in [0.2, 0.25) is 0 Å². The van der Waals surface area contributed by atoms with E-state index in [9.17, 15) is 4.79 Å². The van der Waals surface area contributed by atoms with Gasteiger partial charge in [0.1, 0.15) is 5.60 Å². The summed E-state index contributed by atoms with van der Waals surface area (Å²) in [6, 6.07) is 0.250. The molecule has 2 heterocycles. The molecule has 1 aliphatic rings. The molecule has 6 heteroatoms. The summed E-state index contributed by atoms with van der Waals surface area (Å²) >= 11 is 0. The van der Waals surface area contributed by atoms with E-state index in [4.69, 9.17) is 4.74 Å². The van der Waals surface area contributed by atoms with Gasteiger partial charge in [-0.15, -0.1) is 0 Å². The maximum absolute atomic E-state index is 11.7. The van der Waals surface area contributed by atoms with E-state index in [1.807, 2.05) is 27.0 Å². The lowest BCUT2D eigenvalue weighted by atomic mass is 10.1. The molecule has 0 spiro atoms. The molecule has 0 radical (unpaired) electrons.